The third-order valence-corrected chi connectivity index (χ3v) is 2.97. The van der Waals surface area contributed by atoms with Gasteiger partial charge in [0.05, 0.1) is 0 Å². The van der Waals surface area contributed by atoms with Crippen LogP contribution in [0.25, 0.3) is 0 Å². The molecular weight excluding hydrogens is 134 g/mol. The largest absolute Gasteiger partial charge is 0.384 e. The highest BCUT2D eigenvalue weighted by Crippen LogP contribution is 2.53. The van der Waals surface area contributed by atoms with Gasteiger partial charge in [-0.15, -0.1) is 0 Å². The molecule has 1 heteroatoms. The quantitative estimate of drug-likeness (QED) is 0.589. The minimum absolute atomic E-state index is 0.566. The third kappa shape index (κ3) is 0.609. The van der Waals surface area contributed by atoms with E-state index in [1.54, 1.807) is 5.56 Å². The van der Waals surface area contributed by atoms with Gasteiger partial charge in [-0.25, -0.2) is 0 Å². The first kappa shape index (κ1) is 5.64. The minimum Gasteiger partial charge on any atom is -0.384 e. The van der Waals surface area contributed by atoms with Gasteiger partial charge in [-0.05, 0) is 24.5 Å². The first-order valence-electron chi connectivity index (χ1n) is 4.24. The van der Waals surface area contributed by atoms with Crippen LogP contribution < -0.4 is 5.32 Å². The lowest BCUT2D eigenvalue weighted by Gasteiger charge is -2.03. The Balaban J connectivity index is 2.21. The lowest BCUT2D eigenvalue weighted by atomic mass is 9.99. The van der Waals surface area contributed by atoms with Crippen molar-refractivity contribution in [3.05, 3.63) is 29.8 Å². The van der Waals surface area contributed by atoms with Gasteiger partial charge < -0.3 is 5.32 Å². The summed E-state index contributed by atoms with van der Waals surface area (Å²) >= 11 is 0. The van der Waals surface area contributed by atoms with E-state index in [4.69, 9.17) is 0 Å². The van der Waals surface area contributed by atoms with E-state index in [1.165, 1.54) is 25.1 Å². The number of hydrogen-bond acceptors (Lipinski definition) is 1. The van der Waals surface area contributed by atoms with Crippen molar-refractivity contribution in [2.75, 3.05) is 11.9 Å². The Labute approximate surface area is 66.4 Å². The molecule has 0 bridgehead atoms. The molecule has 56 valence electrons. The van der Waals surface area contributed by atoms with Gasteiger partial charge in [0.1, 0.15) is 0 Å². The smallest absolute Gasteiger partial charge is 0.0379 e. The fraction of sp³-hybridized carbons (Fsp3) is 0.400. The molecule has 1 aliphatic heterocycles. The normalized spacial score (nSPS) is 22.9. The fourth-order valence-electron chi connectivity index (χ4n) is 2.06. The van der Waals surface area contributed by atoms with Crippen LogP contribution in [0.4, 0.5) is 5.69 Å². The number of para-hydroxylation sites is 1. The molecule has 1 spiro atoms. The van der Waals surface area contributed by atoms with Crippen molar-refractivity contribution in [1.82, 2.24) is 0 Å². The lowest BCUT2D eigenvalue weighted by Crippen LogP contribution is -2.07. The predicted molar refractivity (Wildman–Crippen MR) is 45.8 cm³/mol. The molecule has 3 rings (SSSR count). The van der Waals surface area contributed by atoms with Crippen LogP contribution >= 0.6 is 0 Å². The highest BCUT2D eigenvalue weighted by atomic mass is 15.0. The molecule has 0 unspecified atom stereocenters. The molecule has 1 aliphatic carbocycles. The highest BCUT2D eigenvalue weighted by Gasteiger charge is 2.48. The molecule has 2 aliphatic rings. The lowest BCUT2D eigenvalue weighted by molar-refractivity contribution is 0.778. The summed E-state index contributed by atoms with van der Waals surface area (Å²) in [7, 11) is 0. The second kappa shape index (κ2) is 1.60. The van der Waals surface area contributed by atoms with E-state index in [0.717, 1.165) is 0 Å². The van der Waals surface area contributed by atoms with E-state index in [-0.39, 0.29) is 0 Å². The van der Waals surface area contributed by atoms with Crippen molar-refractivity contribution < 1.29 is 0 Å². The second-order valence-corrected chi connectivity index (χ2v) is 3.68. The molecule has 1 fully saturated rings. The highest BCUT2D eigenvalue weighted by molar-refractivity contribution is 5.62. The molecule has 1 nitrogen and oxygen atoms in total. The van der Waals surface area contributed by atoms with E-state index in [9.17, 15) is 0 Å². The maximum atomic E-state index is 3.45. The first-order chi connectivity index (χ1) is 5.41. The van der Waals surface area contributed by atoms with Gasteiger partial charge in [-0.2, -0.15) is 0 Å². The molecule has 0 atom stereocenters. The summed E-state index contributed by atoms with van der Waals surface area (Å²) in [6, 6.07) is 8.70. The Morgan fingerprint density at radius 1 is 1.18 bits per heavy atom. The molecule has 0 aromatic heterocycles. The number of hydrogen-bond donors (Lipinski definition) is 1. The summed E-state index contributed by atoms with van der Waals surface area (Å²) in [5.41, 5.74) is 3.49. The molecule has 0 saturated heterocycles. The molecular formula is C10H11N. The molecule has 11 heavy (non-hydrogen) atoms. The molecule has 1 N–H and O–H groups in total. The van der Waals surface area contributed by atoms with Gasteiger partial charge in [0.15, 0.2) is 0 Å². The zero-order chi connectivity index (χ0) is 7.31. The number of fused-ring (bicyclic) bond motifs is 2. The van der Waals surface area contributed by atoms with E-state index in [2.05, 4.69) is 29.6 Å². The Morgan fingerprint density at radius 3 is 2.82 bits per heavy atom. The average molecular weight is 145 g/mol. The maximum absolute atomic E-state index is 3.45. The Hall–Kier alpha value is -0.980. The predicted octanol–water partition coefficient (Wildman–Crippen LogP) is 2.14. The average Bonchev–Trinajstić information content (AvgIpc) is 2.72. The zero-order valence-electron chi connectivity index (χ0n) is 6.43. The summed E-state index contributed by atoms with van der Waals surface area (Å²) in [6.07, 6.45) is 2.77. The molecule has 0 radical (unpaired) electrons. The summed E-state index contributed by atoms with van der Waals surface area (Å²) in [5, 5.41) is 3.45. The zero-order valence-corrected chi connectivity index (χ0v) is 6.43. The molecule has 1 saturated carbocycles. The Kier molecular flexibility index (Phi) is 0.823. The van der Waals surface area contributed by atoms with Crippen LogP contribution in [0.2, 0.25) is 0 Å². The van der Waals surface area contributed by atoms with Crippen molar-refractivity contribution in [1.29, 1.82) is 0 Å². The van der Waals surface area contributed by atoms with Crippen molar-refractivity contribution in [2.24, 2.45) is 0 Å². The minimum atomic E-state index is 0.566. The fourth-order valence-corrected chi connectivity index (χ4v) is 2.06. The van der Waals surface area contributed by atoms with Gasteiger partial charge in [0, 0.05) is 17.6 Å². The molecule has 0 amide bonds. The summed E-state index contributed by atoms with van der Waals surface area (Å²) in [4.78, 5) is 0. The maximum Gasteiger partial charge on any atom is 0.0379 e. The van der Waals surface area contributed by atoms with E-state index in [1.807, 2.05) is 0 Å². The Morgan fingerprint density at radius 2 is 2.00 bits per heavy atom. The van der Waals surface area contributed by atoms with Crippen molar-refractivity contribution in [3.63, 3.8) is 0 Å². The van der Waals surface area contributed by atoms with Crippen LogP contribution in [-0.4, -0.2) is 6.54 Å². The third-order valence-electron chi connectivity index (χ3n) is 2.97. The first-order valence-corrected chi connectivity index (χ1v) is 4.24. The van der Waals surface area contributed by atoms with Gasteiger partial charge in [0.25, 0.3) is 0 Å². The molecule has 1 aromatic rings. The molecule has 1 aromatic carbocycles. The monoisotopic (exact) mass is 145 g/mol. The van der Waals surface area contributed by atoms with E-state index < -0.39 is 0 Å². The van der Waals surface area contributed by atoms with E-state index in [0.29, 0.717) is 5.41 Å². The number of benzene rings is 1. The van der Waals surface area contributed by atoms with Crippen LogP contribution in [-0.2, 0) is 5.41 Å². The summed E-state index contributed by atoms with van der Waals surface area (Å²) in [5.74, 6) is 0. The number of rotatable bonds is 0. The molecule has 1 heterocycles. The standard InChI is InChI=1S/C10H11N/c1-2-4-9-8(3-1)10(5-6-10)7-11-9/h1-4,11H,5-7H2. The van der Waals surface area contributed by atoms with Crippen LogP contribution in [0.5, 0.6) is 0 Å². The topological polar surface area (TPSA) is 12.0 Å². The summed E-state index contributed by atoms with van der Waals surface area (Å²) < 4.78 is 0. The van der Waals surface area contributed by atoms with Gasteiger partial charge in [-0.3, -0.25) is 0 Å². The van der Waals surface area contributed by atoms with Gasteiger partial charge in [-0.1, -0.05) is 18.2 Å². The second-order valence-electron chi connectivity index (χ2n) is 3.68. The van der Waals surface area contributed by atoms with E-state index >= 15 is 0 Å². The summed E-state index contributed by atoms with van der Waals surface area (Å²) in [6.45, 7) is 1.17. The van der Waals surface area contributed by atoms with Crippen LogP contribution in [0, 0.1) is 0 Å². The van der Waals surface area contributed by atoms with Crippen LogP contribution in [0.1, 0.15) is 18.4 Å². The van der Waals surface area contributed by atoms with Crippen molar-refractivity contribution in [3.8, 4) is 0 Å². The Bertz CT molecular complexity index is 299. The SMILES string of the molecule is c1ccc2c(c1)NCC21CC1. The number of nitrogens with one attached hydrogen (secondary N) is 1. The van der Waals surface area contributed by atoms with Crippen molar-refractivity contribution in [2.45, 2.75) is 18.3 Å². The van der Waals surface area contributed by atoms with Gasteiger partial charge >= 0.3 is 0 Å². The van der Waals surface area contributed by atoms with Crippen LogP contribution in [0.3, 0.4) is 0 Å². The van der Waals surface area contributed by atoms with Crippen LogP contribution in [0.15, 0.2) is 24.3 Å². The van der Waals surface area contributed by atoms with Crippen molar-refractivity contribution >= 4 is 5.69 Å². The van der Waals surface area contributed by atoms with Gasteiger partial charge in [0.2, 0.25) is 0 Å². The number of anilines is 1.